The number of hydrogen-bond acceptors (Lipinski definition) is 6. The minimum absolute atomic E-state index is 0.317. The minimum atomic E-state index is -0.366. The third-order valence-corrected chi connectivity index (χ3v) is 3.63. The summed E-state index contributed by atoms with van der Waals surface area (Å²) >= 11 is 0. The van der Waals surface area contributed by atoms with Crippen LogP contribution >= 0.6 is 0 Å². The molecule has 7 nitrogen and oxygen atoms in total. The monoisotopic (exact) mass is 330 g/mol. The van der Waals surface area contributed by atoms with Gasteiger partial charge in [0.2, 0.25) is 0 Å². The van der Waals surface area contributed by atoms with Gasteiger partial charge in [0, 0.05) is 13.1 Å². The lowest BCUT2D eigenvalue weighted by Gasteiger charge is -2.19. The highest BCUT2D eigenvalue weighted by molar-refractivity contribution is 6.07. The molecule has 2 rings (SSSR count). The predicted octanol–water partition coefficient (Wildman–Crippen LogP) is 2.59. The number of carbonyl (C=O) groups excluding carboxylic acids is 1. The summed E-state index contributed by atoms with van der Waals surface area (Å²) in [4.78, 5) is 14.6. The van der Waals surface area contributed by atoms with E-state index < -0.39 is 0 Å². The van der Waals surface area contributed by atoms with Gasteiger partial charge in [0.25, 0.3) is 5.91 Å². The molecule has 0 bridgehead atoms. The van der Waals surface area contributed by atoms with Gasteiger partial charge >= 0.3 is 0 Å². The molecule has 0 unspecified atom stereocenters. The SMILES string of the molecule is CCN(CC)c1ccc(NC(=O)c2c(OC)cccc2OC)nn1. The summed E-state index contributed by atoms with van der Waals surface area (Å²) in [7, 11) is 3.01. The third-order valence-electron chi connectivity index (χ3n) is 3.63. The van der Waals surface area contributed by atoms with Crippen LogP contribution in [-0.2, 0) is 0 Å². The summed E-state index contributed by atoms with van der Waals surface area (Å²) in [5.41, 5.74) is 0.317. The van der Waals surface area contributed by atoms with Crippen molar-refractivity contribution in [2.75, 3.05) is 37.5 Å². The molecule has 7 heteroatoms. The van der Waals surface area contributed by atoms with Crippen molar-refractivity contribution >= 4 is 17.5 Å². The molecule has 0 aliphatic rings. The molecule has 0 saturated heterocycles. The van der Waals surface area contributed by atoms with Crippen molar-refractivity contribution in [2.24, 2.45) is 0 Å². The highest BCUT2D eigenvalue weighted by Crippen LogP contribution is 2.28. The van der Waals surface area contributed by atoms with Crippen molar-refractivity contribution in [2.45, 2.75) is 13.8 Å². The van der Waals surface area contributed by atoms with E-state index in [1.54, 1.807) is 24.3 Å². The maximum Gasteiger partial charge on any atom is 0.264 e. The maximum atomic E-state index is 12.6. The van der Waals surface area contributed by atoms with Crippen LogP contribution in [0, 0.1) is 0 Å². The Morgan fingerprint density at radius 1 is 1.04 bits per heavy atom. The van der Waals surface area contributed by atoms with E-state index in [-0.39, 0.29) is 5.91 Å². The summed E-state index contributed by atoms with van der Waals surface area (Å²) < 4.78 is 10.5. The fourth-order valence-corrected chi connectivity index (χ4v) is 2.36. The molecule has 2 aromatic rings. The molecule has 0 aliphatic carbocycles. The fourth-order valence-electron chi connectivity index (χ4n) is 2.36. The van der Waals surface area contributed by atoms with Gasteiger partial charge in [0.1, 0.15) is 17.1 Å². The van der Waals surface area contributed by atoms with Crippen LogP contribution in [0.2, 0.25) is 0 Å². The molecular weight excluding hydrogens is 308 g/mol. The van der Waals surface area contributed by atoms with Crippen molar-refractivity contribution in [3.05, 3.63) is 35.9 Å². The second-order valence-corrected chi connectivity index (χ2v) is 4.94. The Labute approximate surface area is 141 Å². The van der Waals surface area contributed by atoms with Crippen LogP contribution in [0.1, 0.15) is 24.2 Å². The van der Waals surface area contributed by atoms with Crippen molar-refractivity contribution in [3.63, 3.8) is 0 Å². The molecule has 0 saturated carbocycles. The Kier molecular flexibility index (Phi) is 5.95. The molecule has 0 aliphatic heterocycles. The van der Waals surface area contributed by atoms with E-state index in [0.717, 1.165) is 18.9 Å². The molecule has 1 N–H and O–H groups in total. The zero-order valence-corrected chi connectivity index (χ0v) is 14.4. The van der Waals surface area contributed by atoms with E-state index in [2.05, 4.69) is 34.3 Å². The lowest BCUT2D eigenvalue weighted by Crippen LogP contribution is -2.23. The number of aromatic nitrogens is 2. The summed E-state index contributed by atoms with van der Waals surface area (Å²) in [5.74, 6) is 1.63. The zero-order valence-electron chi connectivity index (χ0n) is 14.4. The highest BCUT2D eigenvalue weighted by Gasteiger charge is 2.19. The molecule has 0 atom stereocenters. The molecule has 0 radical (unpaired) electrons. The molecule has 1 heterocycles. The second kappa shape index (κ2) is 8.14. The van der Waals surface area contributed by atoms with Gasteiger partial charge in [-0.1, -0.05) is 6.07 Å². The largest absolute Gasteiger partial charge is 0.496 e. The number of amides is 1. The lowest BCUT2D eigenvalue weighted by atomic mass is 10.1. The van der Waals surface area contributed by atoms with Crippen LogP contribution in [0.15, 0.2) is 30.3 Å². The molecule has 24 heavy (non-hydrogen) atoms. The number of anilines is 2. The van der Waals surface area contributed by atoms with Gasteiger partial charge in [0.05, 0.1) is 14.2 Å². The summed E-state index contributed by atoms with van der Waals surface area (Å²) in [6, 6.07) is 8.71. The zero-order chi connectivity index (χ0) is 17.5. The van der Waals surface area contributed by atoms with Crippen molar-refractivity contribution in [1.29, 1.82) is 0 Å². The highest BCUT2D eigenvalue weighted by atomic mass is 16.5. The van der Waals surface area contributed by atoms with Gasteiger partial charge in [-0.25, -0.2) is 0 Å². The van der Waals surface area contributed by atoms with Crippen LogP contribution in [0.25, 0.3) is 0 Å². The minimum Gasteiger partial charge on any atom is -0.496 e. The topological polar surface area (TPSA) is 76.6 Å². The van der Waals surface area contributed by atoms with Gasteiger partial charge in [-0.05, 0) is 38.1 Å². The van der Waals surface area contributed by atoms with Gasteiger partial charge in [0.15, 0.2) is 11.6 Å². The molecule has 1 aromatic carbocycles. The Morgan fingerprint density at radius 2 is 1.67 bits per heavy atom. The number of ether oxygens (including phenoxy) is 2. The third kappa shape index (κ3) is 3.73. The van der Waals surface area contributed by atoms with E-state index >= 15 is 0 Å². The number of benzene rings is 1. The average Bonchev–Trinajstić information content (AvgIpc) is 2.63. The molecule has 128 valence electrons. The normalized spacial score (nSPS) is 10.2. The Hall–Kier alpha value is -2.83. The molecule has 1 aromatic heterocycles. The maximum absolute atomic E-state index is 12.6. The van der Waals surface area contributed by atoms with Crippen molar-refractivity contribution in [3.8, 4) is 11.5 Å². The first-order valence-corrected chi connectivity index (χ1v) is 7.75. The van der Waals surface area contributed by atoms with Crippen LogP contribution in [0.3, 0.4) is 0 Å². The number of hydrogen-bond donors (Lipinski definition) is 1. The number of nitrogens with zero attached hydrogens (tertiary/aromatic N) is 3. The number of nitrogens with one attached hydrogen (secondary N) is 1. The van der Waals surface area contributed by atoms with Crippen LogP contribution in [-0.4, -0.2) is 43.4 Å². The first-order chi connectivity index (χ1) is 11.6. The first-order valence-electron chi connectivity index (χ1n) is 7.75. The van der Waals surface area contributed by atoms with E-state index in [0.29, 0.717) is 22.9 Å². The summed E-state index contributed by atoms with van der Waals surface area (Å²) in [5, 5.41) is 10.9. The fraction of sp³-hybridized carbons (Fsp3) is 0.353. The first kappa shape index (κ1) is 17.5. The molecule has 1 amide bonds. The quantitative estimate of drug-likeness (QED) is 0.841. The summed E-state index contributed by atoms with van der Waals surface area (Å²) in [6.07, 6.45) is 0. The van der Waals surface area contributed by atoms with E-state index in [9.17, 15) is 4.79 Å². The van der Waals surface area contributed by atoms with Gasteiger partial charge in [-0.3, -0.25) is 4.79 Å². The van der Waals surface area contributed by atoms with E-state index in [1.165, 1.54) is 14.2 Å². The van der Waals surface area contributed by atoms with Gasteiger partial charge in [-0.15, -0.1) is 10.2 Å². The lowest BCUT2D eigenvalue weighted by molar-refractivity contribution is 0.102. The Bertz CT molecular complexity index is 662. The van der Waals surface area contributed by atoms with Gasteiger partial charge in [-0.2, -0.15) is 0 Å². The number of rotatable bonds is 7. The second-order valence-electron chi connectivity index (χ2n) is 4.94. The van der Waals surface area contributed by atoms with Crippen molar-refractivity contribution in [1.82, 2.24) is 10.2 Å². The molecule has 0 fully saturated rings. The standard InChI is InChI=1S/C17H22N4O3/c1-5-21(6-2)15-11-10-14(19-20-15)18-17(22)16-12(23-3)8-7-9-13(16)24-4/h7-11H,5-6H2,1-4H3,(H,18,19,22). The van der Waals surface area contributed by atoms with E-state index in [1.807, 2.05) is 6.07 Å². The molecular formula is C17H22N4O3. The summed E-state index contributed by atoms with van der Waals surface area (Å²) in [6.45, 7) is 5.79. The smallest absolute Gasteiger partial charge is 0.264 e. The Balaban J connectivity index is 2.21. The predicted molar refractivity (Wildman–Crippen MR) is 93.1 cm³/mol. The van der Waals surface area contributed by atoms with Crippen LogP contribution in [0.5, 0.6) is 11.5 Å². The van der Waals surface area contributed by atoms with Crippen LogP contribution in [0.4, 0.5) is 11.6 Å². The number of methoxy groups -OCH3 is 2. The molecule has 0 spiro atoms. The van der Waals surface area contributed by atoms with Gasteiger partial charge < -0.3 is 19.7 Å². The van der Waals surface area contributed by atoms with E-state index in [4.69, 9.17) is 9.47 Å². The van der Waals surface area contributed by atoms with Crippen molar-refractivity contribution < 1.29 is 14.3 Å². The number of carbonyl (C=O) groups is 1. The average molecular weight is 330 g/mol. The Morgan fingerprint density at radius 3 is 2.12 bits per heavy atom. The van der Waals surface area contributed by atoms with Crippen LogP contribution < -0.4 is 19.7 Å².